The first-order valence-electron chi connectivity index (χ1n) is 6.75. The fraction of sp³-hybridized carbons (Fsp3) is 0.533. The highest BCUT2D eigenvalue weighted by atomic mass is 127. The molecule has 1 aromatic carbocycles. The SMILES string of the molecule is CC(C1CC1)N(C(=O)c1ccc(I)cc1)C1CC1. The second-order valence-corrected chi connectivity index (χ2v) is 6.77. The maximum absolute atomic E-state index is 12.6. The molecule has 0 saturated heterocycles. The Bertz CT molecular complexity index is 448. The third-order valence-corrected chi connectivity index (χ3v) is 4.73. The monoisotopic (exact) mass is 355 g/mol. The Morgan fingerprint density at radius 3 is 2.33 bits per heavy atom. The van der Waals surface area contributed by atoms with Gasteiger partial charge in [0.25, 0.3) is 5.91 Å². The van der Waals surface area contributed by atoms with Crippen LogP contribution < -0.4 is 0 Å². The van der Waals surface area contributed by atoms with Crippen molar-refractivity contribution in [3.8, 4) is 0 Å². The van der Waals surface area contributed by atoms with Gasteiger partial charge in [0, 0.05) is 21.2 Å². The van der Waals surface area contributed by atoms with Gasteiger partial charge in [0.05, 0.1) is 0 Å². The molecule has 0 N–H and O–H groups in total. The van der Waals surface area contributed by atoms with Gasteiger partial charge in [-0.1, -0.05) is 0 Å². The normalized spacial score (nSPS) is 20.6. The lowest BCUT2D eigenvalue weighted by Gasteiger charge is -2.29. The van der Waals surface area contributed by atoms with Gasteiger partial charge >= 0.3 is 0 Å². The van der Waals surface area contributed by atoms with Crippen LogP contribution in [0.5, 0.6) is 0 Å². The minimum absolute atomic E-state index is 0.230. The molecule has 96 valence electrons. The molecule has 1 atom stereocenters. The first kappa shape index (κ1) is 12.5. The summed E-state index contributed by atoms with van der Waals surface area (Å²) in [5.41, 5.74) is 0.842. The minimum Gasteiger partial charge on any atom is -0.333 e. The highest BCUT2D eigenvalue weighted by molar-refractivity contribution is 14.1. The summed E-state index contributed by atoms with van der Waals surface area (Å²) in [4.78, 5) is 14.8. The number of rotatable bonds is 4. The Balaban J connectivity index is 1.81. The van der Waals surface area contributed by atoms with E-state index in [0.717, 1.165) is 11.5 Å². The minimum atomic E-state index is 0.230. The second-order valence-electron chi connectivity index (χ2n) is 5.53. The quantitative estimate of drug-likeness (QED) is 0.755. The van der Waals surface area contributed by atoms with Gasteiger partial charge in [0.2, 0.25) is 0 Å². The summed E-state index contributed by atoms with van der Waals surface area (Å²) in [7, 11) is 0. The molecule has 0 aromatic heterocycles. The van der Waals surface area contributed by atoms with E-state index in [2.05, 4.69) is 34.4 Å². The summed E-state index contributed by atoms with van der Waals surface area (Å²) in [5.74, 6) is 0.978. The van der Waals surface area contributed by atoms with Crippen molar-refractivity contribution in [2.75, 3.05) is 0 Å². The van der Waals surface area contributed by atoms with Crippen molar-refractivity contribution in [2.45, 2.75) is 44.7 Å². The zero-order chi connectivity index (χ0) is 12.7. The van der Waals surface area contributed by atoms with Crippen molar-refractivity contribution in [3.63, 3.8) is 0 Å². The third-order valence-electron chi connectivity index (χ3n) is 4.01. The molecule has 0 heterocycles. The van der Waals surface area contributed by atoms with Crippen molar-refractivity contribution in [2.24, 2.45) is 5.92 Å². The Kier molecular flexibility index (Phi) is 3.34. The van der Waals surface area contributed by atoms with Gasteiger partial charge in [-0.3, -0.25) is 4.79 Å². The van der Waals surface area contributed by atoms with Gasteiger partial charge in [-0.05, 0) is 85.4 Å². The average Bonchev–Trinajstić information content (AvgIpc) is 3.22. The fourth-order valence-corrected chi connectivity index (χ4v) is 2.94. The Morgan fingerprint density at radius 1 is 1.22 bits per heavy atom. The van der Waals surface area contributed by atoms with Crippen LogP contribution in [0, 0.1) is 9.49 Å². The van der Waals surface area contributed by atoms with Crippen LogP contribution in [0.25, 0.3) is 0 Å². The van der Waals surface area contributed by atoms with Crippen LogP contribution in [0.1, 0.15) is 43.0 Å². The van der Waals surface area contributed by atoms with Crippen molar-refractivity contribution in [1.29, 1.82) is 0 Å². The number of benzene rings is 1. The molecule has 0 aliphatic heterocycles. The van der Waals surface area contributed by atoms with Crippen LogP contribution in [0.15, 0.2) is 24.3 Å². The van der Waals surface area contributed by atoms with E-state index in [1.807, 2.05) is 24.3 Å². The average molecular weight is 355 g/mol. The molecule has 2 aliphatic rings. The molecular formula is C15H18INO. The fourth-order valence-electron chi connectivity index (χ4n) is 2.58. The number of carbonyl (C=O) groups excluding carboxylic acids is 1. The molecular weight excluding hydrogens is 337 g/mol. The summed E-state index contributed by atoms with van der Waals surface area (Å²) in [6.07, 6.45) is 4.97. The molecule has 2 fully saturated rings. The molecule has 2 nitrogen and oxygen atoms in total. The van der Waals surface area contributed by atoms with Crippen LogP contribution in [0.4, 0.5) is 0 Å². The Hall–Kier alpha value is -0.580. The summed E-state index contributed by atoms with van der Waals surface area (Å²) >= 11 is 2.27. The van der Waals surface area contributed by atoms with E-state index in [-0.39, 0.29) is 5.91 Å². The molecule has 1 unspecified atom stereocenters. The van der Waals surface area contributed by atoms with E-state index in [0.29, 0.717) is 12.1 Å². The zero-order valence-electron chi connectivity index (χ0n) is 10.6. The van der Waals surface area contributed by atoms with Crippen LogP contribution in [-0.4, -0.2) is 22.9 Å². The van der Waals surface area contributed by atoms with Crippen molar-refractivity contribution >= 4 is 28.5 Å². The molecule has 18 heavy (non-hydrogen) atoms. The predicted octanol–water partition coefficient (Wildman–Crippen LogP) is 3.69. The zero-order valence-corrected chi connectivity index (χ0v) is 12.8. The standard InChI is InChI=1S/C15H18INO/c1-10(11-2-3-11)17(14-8-9-14)15(18)12-4-6-13(16)7-5-12/h4-7,10-11,14H,2-3,8-9H2,1H3. The molecule has 2 saturated carbocycles. The molecule has 3 rings (SSSR count). The lowest BCUT2D eigenvalue weighted by atomic mass is 10.1. The highest BCUT2D eigenvalue weighted by Gasteiger charge is 2.41. The van der Waals surface area contributed by atoms with E-state index < -0.39 is 0 Å². The van der Waals surface area contributed by atoms with E-state index >= 15 is 0 Å². The summed E-state index contributed by atoms with van der Waals surface area (Å²) in [6.45, 7) is 2.22. The number of halogens is 1. The van der Waals surface area contributed by atoms with E-state index in [1.54, 1.807) is 0 Å². The summed E-state index contributed by atoms with van der Waals surface area (Å²) < 4.78 is 1.18. The number of hydrogen-bond donors (Lipinski definition) is 0. The maximum Gasteiger partial charge on any atom is 0.254 e. The lowest BCUT2D eigenvalue weighted by Crippen LogP contribution is -2.41. The van der Waals surface area contributed by atoms with Crippen LogP contribution in [-0.2, 0) is 0 Å². The molecule has 2 aliphatic carbocycles. The predicted molar refractivity (Wildman–Crippen MR) is 80.5 cm³/mol. The number of nitrogens with zero attached hydrogens (tertiary/aromatic N) is 1. The van der Waals surface area contributed by atoms with E-state index in [1.165, 1.54) is 29.3 Å². The van der Waals surface area contributed by atoms with Gasteiger partial charge < -0.3 is 4.90 Å². The Labute approximate surface area is 122 Å². The van der Waals surface area contributed by atoms with Gasteiger partial charge in [-0.25, -0.2) is 0 Å². The summed E-state index contributed by atoms with van der Waals surface area (Å²) in [6, 6.07) is 8.87. The van der Waals surface area contributed by atoms with Crippen LogP contribution in [0.3, 0.4) is 0 Å². The van der Waals surface area contributed by atoms with Crippen molar-refractivity contribution in [3.05, 3.63) is 33.4 Å². The highest BCUT2D eigenvalue weighted by Crippen LogP contribution is 2.40. The van der Waals surface area contributed by atoms with Crippen molar-refractivity contribution in [1.82, 2.24) is 4.90 Å². The molecule has 0 spiro atoms. The number of hydrogen-bond acceptors (Lipinski definition) is 1. The first-order valence-corrected chi connectivity index (χ1v) is 7.83. The Morgan fingerprint density at radius 2 is 1.83 bits per heavy atom. The molecule has 3 heteroatoms. The van der Waals surface area contributed by atoms with Gasteiger partial charge in [0.1, 0.15) is 0 Å². The van der Waals surface area contributed by atoms with Crippen LogP contribution in [0.2, 0.25) is 0 Å². The number of amides is 1. The molecule has 0 radical (unpaired) electrons. The topological polar surface area (TPSA) is 20.3 Å². The van der Waals surface area contributed by atoms with Gasteiger partial charge in [0.15, 0.2) is 0 Å². The van der Waals surface area contributed by atoms with Gasteiger partial charge in [-0.15, -0.1) is 0 Å². The number of carbonyl (C=O) groups is 1. The second kappa shape index (κ2) is 4.83. The van der Waals surface area contributed by atoms with E-state index in [4.69, 9.17) is 0 Å². The smallest absolute Gasteiger partial charge is 0.254 e. The largest absolute Gasteiger partial charge is 0.333 e. The van der Waals surface area contributed by atoms with Crippen LogP contribution >= 0.6 is 22.6 Å². The van der Waals surface area contributed by atoms with E-state index in [9.17, 15) is 4.79 Å². The molecule has 1 aromatic rings. The molecule has 0 bridgehead atoms. The first-order chi connectivity index (χ1) is 8.66. The molecule has 1 amide bonds. The van der Waals surface area contributed by atoms with Gasteiger partial charge in [-0.2, -0.15) is 0 Å². The summed E-state index contributed by atoms with van der Waals surface area (Å²) in [5, 5.41) is 0. The lowest BCUT2D eigenvalue weighted by molar-refractivity contribution is 0.0654. The third kappa shape index (κ3) is 2.56. The maximum atomic E-state index is 12.6. The van der Waals surface area contributed by atoms with Crippen molar-refractivity contribution < 1.29 is 4.79 Å².